The third-order valence-electron chi connectivity index (χ3n) is 3.41. The summed E-state index contributed by atoms with van der Waals surface area (Å²) in [5.41, 5.74) is 0.821. The van der Waals surface area contributed by atoms with E-state index in [1.54, 1.807) is 13.8 Å². The zero-order valence-electron chi connectivity index (χ0n) is 14.3. The molecule has 1 amide bonds. The summed E-state index contributed by atoms with van der Waals surface area (Å²) in [6.07, 6.45) is -1.95. The number of carboxylic acid groups (broad SMARTS) is 1. The van der Waals surface area contributed by atoms with E-state index in [0.717, 1.165) is 5.56 Å². The van der Waals surface area contributed by atoms with Crippen molar-refractivity contribution < 1.29 is 28.5 Å². The van der Waals surface area contributed by atoms with Crippen molar-refractivity contribution in [1.29, 1.82) is 0 Å². The second kappa shape index (κ2) is 8.85. The van der Waals surface area contributed by atoms with Crippen molar-refractivity contribution in [2.75, 3.05) is 6.66 Å². The van der Waals surface area contributed by atoms with Crippen molar-refractivity contribution in [2.24, 2.45) is 5.92 Å². The van der Waals surface area contributed by atoms with Gasteiger partial charge < -0.3 is 19.7 Å². The van der Waals surface area contributed by atoms with Crippen LogP contribution in [0.5, 0.6) is 0 Å². The Bertz CT molecular complexity index is 604. The van der Waals surface area contributed by atoms with Crippen LogP contribution in [0.3, 0.4) is 0 Å². The van der Waals surface area contributed by atoms with Crippen LogP contribution in [0, 0.1) is 5.92 Å². The molecule has 1 rings (SSSR count). The van der Waals surface area contributed by atoms with Crippen LogP contribution < -0.4 is 5.32 Å². The molecule has 0 aromatic heterocycles. The molecule has 0 aliphatic carbocycles. The molecule has 0 radical (unpaired) electrons. The van der Waals surface area contributed by atoms with Gasteiger partial charge in [-0.05, 0) is 18.4 Å². The van der Waals surface area contributed by atoms with Crippen LogP contribution in [0.1, 0.15) is 26.3 Å². The summed E-state index contributed by atoms with van der Waals surface area (Å²) in [5.74, 6) is -2.42. The lowest BCUT2D eigenvalue weighted by Gasteiger charge is -2.26. The molecule has 134 valence electrons. The van der Waals surface area contributed by atoms with Crippen LogP contribution in [0.4, 0.5) is 4.79 Å². The van der Waals surface area contributed by atoms with Gasteiger partial charge in [0.05, 0.1) is 0 Å². The van der Waals surface area contributed by atoms with Gasteiger partial charge in [0, 0.05) is 6.66 Å². The zero-order valence-corrected chi connectivity index (χ0v) is 15.2. The van der Waals surface area contributed by atoms with Gasteiger partial charge in [-0.3, -0.25) is 4.57 Å². The Labute approximate surface area is 141 Å². The van der Waals surface area contributed by atoms with E-state index in [4.69, 9.17) is 14.4 Å². The predicted octanol–water partition coefficient (Wildman–Crippen LogP) is 3.29. The molecule has 0 bridgehead atoms. The minimum atomic E-state index is -3.39. The molecular formula is C16H24NO6P. The number of nitrogens with one attached hydrogen (secondary N) is 1. The van der Waals surface area contributed by atoms with Gasteiger partial charge in [-0.1, -0.05) is 44.2 Å². The zero-order chi connectivity index (χ0) is 18.3. The third-order valence-corrected chi connectivity index (χ3v) is 5.60. The Morgan fingerprint density at radius 3 is 2.29 bits per heavy atom. The quantitative estimate of drug-likeness (QED) is 0.692. The molecule has 0 aliphatic heterocycles. The maximum Gasteiger partial charge on any atom is 0.408 e. The molecule has 0 aliphatic rings. The van der Waals surface area contributed by atoms with E-state index < -0.39 is 31.3 Å². The van der Waals surface area contributed by atoms with Gasteiger partial charge in [0.2, 0.25) is 7.37 Å². The van der Waals surface area contributed by atoms with Crippen LogP contribution in [0.2, 0.25) is 0 Å². The lowest BCUT2D eigenvalue weighted by atomic mass is 10.1. The van der Waals surface area contributed by atoms with Crippen LogP contribution in [0.15, 0.2) is 30.3 Å². The molecular weight excluding hydrogens is 333 g/mol. The first-order valence-electron chi connectivity index (χ1n) is 7.59. The summed E-state index contributed by atoms with van der Waals surface area (Å²) in [6, 6.07) is 9.12. The van der Waals surface area contributed by atoms with Crippen molar-refractivity contribution in [2.45, 2.75) is 39.3 Å². The molecule has 0 spiro atoms. The minimum absolute atomic E-state index is 0.0814. The Balaban J connectivity index is 2.58. The fraction of sp³-hybridized carbons (Fsp3) is 0.500. The predicted molar refractivity (Wildman–Crippen MR) is 90.1 cm³/mol. The molecule has 0 saturated carbocycles. The Morgan fingerprint density at radius 1 is 1.21 bits per heavy atom. The van der Waals surface area contributed by atoms with Gasteiger partial charge in [-0.15, -0.1) is 0 Å². The van der Waals surface area contributed by atoms with Crippen LogP contribution >= 0.6 is 7.37 Å². The molecule has 8 heteroatoms. The fourth-order valence-corrected chi connectivity index (χ4v) is 3.13. The van der Waals surface area contributed by atoms with E-state index in [-0.39, 0.29) is 12.5 Å². The number of rotatable bonds is 8. The number of hydrogen-bond acceptors (Lipinski definition) is 5. The topological polar surface area (TPSA) is 102 Å². The highest BCUT2D eigenvalue weighted by atomic mass is 31.2. The Morgan fingerprint density at radius 2 is 1.79 bits per heavy atom. The van der Waals surface area contributed by atoms with Gasteiger partial charge >= 0.3 is 12.1 Å². The summed E-state index contributed by atoms with van der Waals surface area (Å²) in [7, 11) is -3.39. The van der Waals surface area contributed by atoms with Crippen LogP contribution in [-0.2, 0) is 25.2 Å². The number of hydrogen-bond donors (Lipinski definition) is 2. The van der Waals surface area contributed by atoms with Crippen molar-refractivity contribution in [3.8, 4) is 0 Å². The van der Waals surface area contributed by atoms with E-state index in [9.17, 15) is 14.2 Å². The van der Waals surface area contributed by atoms with Crippen molar-refractivity contribution >= 4 is 19.4 Å². The normalized spacial score (nSPS) is 16.0. The van der Waals surface area contributed by atoms with E-state index in [1.807, 2.05) is 30.3 Å². The van der Waals surface area contributed by atoms with Gasteiger partial charge in [0.25, 0.3) is 0 Å². The number of ether oxygens (including phenoxy) is 1. The first-order valence-corrected chi connectivity index (χ1v) is 9.73. The number of carbonyl (C=O) groups excluding carboxylic acids is 1. The smallest absolute Gasteiger partial charge is 0.408 e. The minimum Gasteiger partial charge on any atom is -0.479 e. The number of aliphatic carboxylic acids is 1. The second-order valence-electron chi connectivity index (χ2n) is 5.90. The van der Waals surface area contributed by atoms with Gasteiger partial charge in [0.15, 0.2) is 6.10 Å². The summed E-state index contributed by atoms with van der Waals surface area (Å²) in [6.45, 7) is 6.19. The van der Waals surface area contributed by atoms with Gasteiger partial charge in [-0.2, -0.15) is 0 Å². The molecule has 0 heterocycles. The summed E-state index contributed by atoms with van der Waals surface area (Å²) >= 11 is 0. The molecule has 2 unspecified atom stereocenters. The van der Waals surface area contributed by atoms with Crippen molar-refractivity contribution in [1.82, 2.24) is 5.32 Å². The first kappa shape index (κ1) is 20.2. The van der Waals surface area contributed by atoms with E-state index >= 15 is 0 Å². The molecule has 2 N–H and O–H groups in total. The molecule has 7 nitrogen and oxygen atoms in total. The Hall–Kier alpha value is -1.85. The molecule has 0 fully saturated rings. The first-order chi connectivity index (χ1) is 11.1. The largest absolute Gasteiger partial charge is 0.479 e. The highest BCUT2D eigenvalue weighted by Gasteiger charge is 2.34. The number of amides is 1. The molecule has 1 aromatic carbocycles. The highest BCUT2D eigenvalue weighted by molar-refractivity contribution is 7.58. The number of benzene rings is 1. The number of carbonyl (C=O) groups is 2. The van der Waals surface area contributed by atoms with Crippen LogP contribution in [0.25, 0.3) is 0 Å². The number of carboxylic acids is 1. The van der Waals surface area contributed by atoms with E-state index in [2.05, 4.69) is 5.32 Å². The summed E-state index contributed by atoms with van der Waals surface area (Å²) in [5, 5.41) is 11.6. The fourth-order valence-electron chi connectivity index (χ4n) is 1.82. The standard InChI is InChI=1S/C16H24NO6P/c1-11(2)14(15(18)19)23-24(4,21)12(3)17-16(20)22-10-13-8-6-5-7-9-13/h5-9,11-12,14H,10H2,1-4H3,(H,17,20)(H,18,19)/t12-,14?,24?/m1/s1. The molecule has 1 aromatic rings. The lowest BCUT2D eigenvalue weighted by Crippen LogP contribution is -2.36. The van der Waals surface area contributed by atoms with Gasteiger partial charge in [0.1, 0.15) is 12.4 Å². The monoisotopic (exact) mass is 357 g/mol. The maximum absolute atomic E-state index is 12.6. The average Bonchev–Trinajstić information content (AvgIpc) is 2.51. The SMILES string of the molecule is CC(C)C(OP(C)(=O)[C@H](C)NC(=O)OCc1ccccc1)C(=O)O. The van der Waals surface area contributed by atoms with Crippen LogP contribution in [-0.4, -0.2) is 35.7 Å². The van der Waals surface area contributed by atoms with Crippen molar-refractivity contribution in [3.05, 3.63) is 35.9 Å². The second-order valence-corrected chi connectivity index (χ2v) is 8.70. The third kappa shape index (κ3) is 6.34. The van der Waals surface area contributed by atoms with E-state index in [1.165, 1.54) is 13.6 Å². The molecule has 3 atom stereocenters. The molecule has 24 heavy (non-hydrogen) atoms. The highest BCUT2D eigenvalue weighted by Crippen LogP contribution is 2.48. The molecule has 0 saturated heterocycles. The van der Waals surface area contributed by atoms with Crippen molar-refractivity contribution in [3.63, 3.8) is 0 Å². The van der Waals surface area contributed by atoms with Gasteiger partial charge in [-0.25, -0.2) is 9.59 Å². The lowest BCUT2D eigenvalue weighted by molar-refractivity contribution is -0.147. The summed E-state index contributed by atoms with van der Waals surface area (Å²) in [4.78, 5) is 23.0. The van der Waals surface area contributed by atoms with E-state index in [0.29, 0.717) is 0 Å². The summed E-state index contributed by atoms with van der Waals surface area (Å²) < 4.78 is 22.9. The average molecular weight is 357 g/mol. The Kier molecular flexibility index (Phi) is 7.45. The number of alkyl carbamates (subject to hydrolysis) is 1. The maximum atomic E-state index is 12.6.